The van der Waals surface area contributed by atoms with Gasteiger partial charge < -0.3 is 10.6 Å². The molecule has 0 unspecified atom stereocenters. The van der Waals surface area contributed by atoms with Crippen LogP contribution in [0.1, 0.15) is 30.9 Å². The van der Waals surface area contributed by atoms with Crippen molar-refractivity contribution < 1.29 is 14.4 Å². The van der Waals surface area contributed by atoms with Crippen LogP contribution in [0, 0.1) is 0 Å². The lowest BCUT2D eigenvalue weighted by Crippen LogP contribution is -2.43. The van der Waals surface area contributed by atoms with E-state index in [1.54, 1.807) is 6.92 Å². The molecule has 0 aromatic heterocycles. The number of hydrogen-bond acceptors (Lipinski definition) is 3. The molecule has 3 aromatic carbocycles. The third-order valence-electron chi connectivity index (χ3n) is 5.88. The number of carbonyl (C=O) groups excluding carboxylic acids is 3. The van der Waals surface area contributed by atoms with Crippen molar-refractivity contribution in [2.75, 3.05) is 13.1 Å². The number of carbonyl (C=O) groups is 3. The highest BCUT2D eigenvalue weighted by Gasteiger charge is 2.50. The molecule has 158 valence electrons. The minimum Gasteiger partial charge on any atom is -0.354 e. The fraction of sp³-hybridized carbons (Fsp3) is 0.240. The van der Waals surface area contributed by atoms with Crippen molar-refractivity contribution in [3.05, 3.63) is 83.9 Å². The molecule has 31 heavy (non-hydrogen) atoms. The molecular weight excluding hydrogens is 390 g/mol. The van der Waals surface area contributed by atoms with E-state index in [1.165, 1.54) is 0 Å². The lowest BCUT2D eigenvalue weighted by molar-refractivity contribution is -0.134. The predicted molar refractivity (Wildman–Crippen MR) is 119 cm³/mol. The second-order valence-electron chi connectivity index (χ2n) is 8.09. The van der Waals surface area contributed by atoms with Crippen molar-refractivity contribution in [3.63, 3.8) is 0 Å². The normalized spacial score (nSPS) is 19.4. The molecule has 0 bridgehead atoms. The summed E-state index contributed by atoms with van der Waals surface area (Å²) in [6.07, 6.45) is 0. The monoisotopic (exact) mass is 415 g/mol. The smallest absolute Gasteiger partial charge is 0.325 e. The number of amides is 4. The first-order chi connectivity index (χ1) is 14.9. The van der Waals surface area contributed by atoms with Crippen LogP contribution in [0.2, 0.25) is 0 Å². The van der Waals surface area contributed by atoms with Crippen LogP contribution in [-0.4, -0.2) is 35.8 Å². The van der Waals surface area contributed by atoms with Gasteiger partial charge in [-0.15, -0.1) is 0 Å². The molecule has 3 aromatic rings. The lowest BCUT2D eigenvalue weighted by Gasteiger charge is -2.24. The third-order valence-corrected chi connectivity index (χ3v) is 5.88. The summed E-state index contributed by atoms with van der Waals surface area (Å²) in [5, 5.41) is 7.50. The van der Waals surface area contributed by atoms with E-state index in [0.29, 0.717) is 12.1 Å². The zero-order valence-corrected chi connectivity index (χ0v) is 17.6. The van der Waals surface area contributed by atoms with Crippen LogP contribution in [-0.2, 0) is 15.1 Å². The highest BCUT2D eigenvalue weighted by atomic mass is 16.2. The summed E-state index contributed by atoms with van der Waals surface area (Å²) in [7, 11) is 0. The van der Waals surface area contributed by atoms with Gasteiger partial charge >= 0.3 is 6.03 Å². The SMILES string of the molecule is C[C@@H](CNC(=O)CN1C(=O)N[C@@](C)(c2cccc3ccccc23)C1=O)c1ccccc1. The first-order valence-corrected chi connectivity index (χ1v) is 10.3. The summed E-state index contributed by atoms with van der Waals surface area (Å²) < 4.78 is 0. The molecule has 6 heteroatoms. The second-order valence-corrected chi connectivity index (χ2v) is 8.09. The van der Waals surface area contributed by atoms with Crippen LogP contribution >= 0.6 is 0 Å². The highest BCUT2D eigenvalue weighted by molar-refractivity contribution is 6.10. The first kappa shape index (κ1) is 20.6. The van der Waals surface area contributed by atoms with Crippen LogP contribution < -0.4 is 10.6 Å². The Morgan fingerprint density at radius 1 is 1.00 bits per heavy atom. The summed E-state index contributed by atoms with van der Waals surface area (Å²) in [6.45, 7) is 3.81. The summed E-state index contributed by atoms with van der Waals surface area (Å²) in [5.41, 5.74) is 0.598. The van der Waals surface area contributed by atoms with E-state index < -0.39 is 17.5 Å². The zero-order chi connectivity index (χ0) is 22.0. The minimum absolute atomic E-state index is 0.120. The van der Waals surface area contributed by atoms with E-state index in [9.17, 15) is 14.4 Å². The summed E-state index contributed by atoms with van der Waals surface area (Å²) >= 11 is 0. The molecule has 0 radical (unpaired) electrons. The number of rotatable bonds is 6. The van der Waals surface area contributed by atoms with Crippen LogP contribution in [0.15, 0.2) is 72.8 Å². The Labute approximate surface area is 181 Å². The van der Waals surface area contributed by atoms with E-state index in [1.807, 2.05) is 79.7 Å². The number of nitrogens with zero attached hydrogens (tertiary/aromatic N) is 1. The molecule has 0 saturated carbocycles. The Morgan fingerprint density at radius 2 is 1.68 bits per heavy atom. The quantitative estimate of drug-likeness (QED) is 0.605. The minimum atomic E-state index is -1.23. The molecule has 0 aliphatic carbocycles. The summed E-state index contributed by atoms with van der Waals surface area (Å²) in [4.78, 5) is 39.3. The van der Waals surface area contributed by atoms with Gasteiger partial charge in [0.05, 0.1) is 0 Å². The molecule has 4 rings (SSSR count). The number of fused-ring (bicyclic) bond motifs is 1. The van der Waals surface area contributed by atoms with E-state index >= 15 is 0 Å². The fourth-order valence-corrected chi connectivity index (χ4v) is 4.05. The second kappa shape index (κ2) is 8.22. The average Bonchev–Trinajstić information content (AvgIpc) is 3.01. The fourth-order valence-electron chi connectivity index (χ4n) is 4.05. The molecule has 2 N–H and O–H groups in total. The van der Waals surface area contributed by atoms with Crippen LogP contribution in [0.25, 0.3) is 10.8 Å². The van der Waals surface area contributed by atoms with Crippen LogP contribution in [0.5, 0.6) is 0 Å². The lowest BCUT2D eigenvalue weighted by atomic mass is 9.88. The average molecular weight is 415 g/mol. The number of hydrogen-bond donors (Lipinski definition) is 2. The topological polar surface area (TPSA) is 78.5 Å². The molecule has 0 spiro atoms. The van der Waals surface area contributed by atoms with Crippen molar-refractivity contribution in [2.24, 2.45) is 0 Å². The van der Waals surface area contributed by atoms with Crippen molar-refractivity contribution in [1.82, 2.24) is 15.5 Å². The predicted octanol–water partition coefficient (Wildman–Crippen LogP) is 3.53. The Bertz CT molecular complexity index is 1140. The van der Waals surface area contributed by atoms with Gasteiger partial charge in [-0.1, -0.05) is 79.7 Å². The molecule has 4 amide bonds. The van der Waals surface area contributed by atoms with Gasteiger partial charge in [-0.3, -0.25) is 14.5 Å². The molecule has 1 fully saturated rings. The van der Waals surface area contributed by atoms with Crippen LogP contribution in [0.3, 0.4) is 0 Å². The molecule has 1 aliphatic rings. The van der Waals surface area contributed by atoms with E-state index in [2.05, 4.69) is 10.6 Å². The maximum atomic E-state index is 13.2. The maximum Gasteiger partial charge on any atom is 0.325 e. The van der Waals surface area contributed by atoms with Gasteiger partial charge in [0.1, 0.15) is 12.1 Å². The van der Waals surface area contributed by atoms with Gasteiger partial charge in [0.2, 0.25) is 5.91 Å². The van der Waals surface area contributed by atoms with E-state index in [4.69, 9.17) is 0 Å². The number of imide groups is 1. The highest BCUT2D eigenvalue weighted by Crippen LogP contribution is 2.33. The third kappa shape index (κ3) is 3.89. The molecular formula is C25H25N3O3. The number of nitrogens with one attached hydrogen (secondary N) is 2. The van der Waals surface area contributed by atoms with Crippen molar-refractivity contribution in [2.45, 2.75) is 25.3 Å². The molecule has 6 nitrogen and oxygen atoms in total. The Kier molecular flexibility index (Phi) is 5.46. The number of benzene rings is 3. The van der Waals surface area contributed by atoms with Gasteiger partial charge in [0.15, 0.2) is 0 Å². The molecule has 1 heterocycles. The Morgan fingerprint density at radius 3 is 2.45 bits per heavy atom. The van der Waals surface area contributed by atoms with E-state index in [0.717, 1.165) is 21.2 Å². The van der Waals surface area contributed by atoms with Crippen molar-refractivity contribution >= 4 is 28.6 Å². The Balaban J connectivity index is 1.47. The van der Waals surface area contributed by atoms with Gasteiger partial charge in [-0.2, -0.15) is 0 Å². The van der Waals surface area contributed by atoms with Crippen molar-refractivity contribution in [1.29, 1.82) is 0 Å². The first-order valence-electron chi connectivity index (χ1n) is 10.3. The summed E-state index contributed by atoms with van der Waals surface area (Å²) in [5.74, 6) is -0.678. The standard InChI is InChI=1S/C25H25N3O3/c1-17(18-9-4-3-5-10-18)15-26-22(29)16-28-23(30)25(2,27-24(28)31)21-14-8-12-19-11-6-7-13-20(19)21/h3-14,17H,15-16H2,1-2H3,(H,26,29)(H,27,31)/t17-,25-/m0/s1. The molecule has 2 atom stereocenters. The van der Waals surface area contributed by atoms with Gasteiger partial charge in [0.25, 0.3) is 5.91 Å². The van der Waals surface area contributed by atoms with Gasteiger partial charge in [-0.25, -0.2) is 4.79 Å². The zero-order valence-electron chi connectivity index (χ0n) is 17.6. The summed E-state index contributed by atoms with van der Waals surface area (Å²) in [6, 6.07) is 22.7. The Hall–Kier alpha value is -3.67. The van der Waals surface area contributed by atoms with Crippen LogP contribution in [0.4, 0.5) is 4.79 Å². The molecule has 1 aliphatic heterocycles. The van der Waals surface area contributed by atoms with Gasteiger partial charge in [-0.05, 0) is 34.7 Å². The number of urea groups is 1. The maximum absolute atomic E-state index is 13.2. The van der Waals surface area contributed by atoms with Crippen molar-refractivity contribution in [3.8, 4) is 0 Å². The largest absolute Gasteiger partial charge is 0.354 e. The molecule has 1 saturated heterocycles. The van der Waals surface area contributed by atoms with E-state index in [-0.39, 0.29) is 18.4 Å². The van der Waals surface area contributed by atoms with Gasteiger partial charge in [0, 0.05) is 6.54 Å².